The van der Waals surface area contributed by atoms with Crippen LogP contribution in [-0.4, -0.2) is 4.86 Å². The Hall–Kier alpha value is 0.0900. The minimum absolute atomic E-state index is 0.253. The van der Waals surface area contributed by atoms with Crippen molar-refractivity contribution in [2.24, 2.45) is 11.3 Å². The Morgan fingerprint density at radius 3 is 1.90 bits per heavy atom. The zero-order valence-corrected chi connectivity index (χ0v) is 8.51. The molecule has 0 heterocycles. The average Bonchev–Trinajstić information content (AvgIpc) is 1.86. The summed E-state index contributed by atoms with van der Waals surface area (Å²) in [4.78, 5) is 1.20. The normalized spacial score (nSPS) is 12.2. The lowest BCUT2D eigenvalue weighted by Crippen LogP contribution is -2.25. The van der Waals surface area contributed by atoms with Gasteiger partial charge in [-0.2, -0.15) is 0 Å². The van der Waals surface area contributed by atoms with E-state index in [2.05, 4.69) is 34.6 Å². The van der Waals surface area contributed by atoms with Gasteiger partial charge in [-0.1, -0.05) is 46.8 Å². The molecule has 0 aromatic rings. The van der Waals surface area contributed by atoms with Gasteiger partial charge in [0.05, 0.1) is 0 Å². The first-order valence-electron chi connectivity index (χ1n) is 3.96. The molecule has 0 amide bonds. The van der Waals surface area contributed by atoms with E-state index >= 15 is 0 Å². The predicted octanol–water partition coefficient (Wildman–Crippen LogP) is 3.45. The maximum absolute atomic E-state index is 5.31. The van der Waals surface area contributed by atoms with Crippen molar-refractivity contribution in [2.75, 3.05) is 0 Å². The predicted molar refractivity (Wildman–Crippen MR) is 51.5 cm³/mol. The molecule has 0 radical (unpaired) electrons. The highest BCUT2D eigenvalue weighted by Crippen LogP contribution is 2.26. The first-order valence-corrected chi connectivity index (χ1v) is 4.37. The van der Waals surface area contributed by atoms with Gasteiger partial charge in [0.15, 0.2) is 0 Å². The molecule has 60 valence electrons. The average molecular weight is 158 g/mol. The van der Waals surface area contributed by atoms with Crippen LogP contribution in [0.5, 0.6) is 0 Å². The summed E-state index contributed by atoms with van der Waals surface area (Å²) in [5.74, 6) is 0.546. The van der Waals surface area contributed by atoms with Crippen LogP contribution in [0.1, 0.15) is 41.0 Å². The molecule has 0 nitrogen and oxygen atoms in total. The van der Waals surface area contributed by atoms with Crippen LogP contribution in [0.15, 0.2) is 0 Å². The molecule has 10 heavy (non-hydrogen) atoms. The van der Waals surface area contributed by atoms with Gasteiger partial charge in [-0.25, -0.2) is 0 Å². The Morgan fingerprint density at radius 1 is 1.40 bits per heavy atom. The number of hydrogen-bond donors (Lipinski definition) is 0. The molecule has 0 atom stereocenters. The fourth-order valence-corrected chi connectivity index (χ4v) is 1.10. The number of thiocarbonyl (C=S) groups is 1. The molecule has 0 aliphatic carbocycles. The second-order valence-corrected chi connectivity index (χ2v) is 4.20. The van der Waals surface area contributed by atoms with Crippen LogP contribution in [0.2, 0.25) is 0 Å². The standard InChI is InChI=1S/C9H18S/c1-6-9(4,5)8(10)7(2)3/h7H,6H2,1-5H3. The van der Waals surface area contributed by atoms with Crippen molar-refractivity contribution >= 4 is 17.1 Å². The summed E-state index contributed by atoms with van der Waals surface area (Å²) in [5.41, 5.74) is 0.253. The zero-order valence-electron chi connectivity index (χ0n) is 7.69. The lowest BCUT2D eigenvalue weighted by atomic mass is 9.81. The van der Waals surface area contributed by atoms with Crippen LogP contribution in [0, 0.1) is 11.3 Å². The van der Waals surface area contributed by atoms with Gasteiger partial charge in [0, 0.05) is 4.86 Å². The summed E-state index contributed by atoms with van der Waals surface area (Å²) < 4.78 is 0. The van der Waals surface area contributed by atoms with E-state index in [9.17, 15) is 0 Å². The lowest BCUT2D eigenvalue weighted by Gasteiger charge is -2.26. The fourth-order valence-electron chi connectivity index (χ4n) is 0.956. The van der Waals surface area contributed by atoms with Gasteiger partial charge in [-0.15, -0.1) is 0 Å². The van der Waals surface area contributed by atoms with Crippen molar-refractivity contribution in [2.45, 2.75) is 41.0 Å². The van der Waals surface area contributed by atoms with Crippen LogP contribution in [0.25, 0.3) is 0 Å². The van der Waals surface area contributed by atoms with E-state index in [1.807, 2.05) is 0 Å². The molecular formula is C9H18S. The molecule has 0 aromatic carbocycles. The first-order chi connectivity index (χ1) is 4.41. The molecule has 0 aromatic heterocycles. The van der Waals surface area contributed by atoms with Crippen LogP contribution < -0.4 is 0 Å². The fraction of sp³-hybridized carbons (Fsp3) is 0.889. The third kappa shape index (κ3) is 2.37. The number of hydrogen-bond acceptors (Lipinski definition) is 1. The topological polar surface area (TPSA) is 0 Å². The monoisotopic (exact) mass is 158 g/mol. The molecule has 0 aliphatic heterocycles. The Labute approximate surface area is 70.0 Å². The maximum atomic E-state index is 5.31. The Kier molecular flexibility index (Phi) is 3.50. The molecule has 0 rings (SSSR count). The van der Waals surface area contributed by atoms with Crippen molar-refractivity contribution in [3.63, 3.8) is 0 Å². The summed E-state index contributed by atoms with van der Waals surface area (Å²) in [5, 5.41) is 0. The van der Waals surface area contributed by atoms with Gasteiger partial charge in [-0.3, -0.25) is 0 Å². The third-order valence-electron chi connectivity index (χ3n) is 2.08. The highest BCUT2D eigenvalue weighted by atomic mass is 32.1. The molecule has 1 heteroatoms. The van der Waals surface area contributed by atoms with Gasteiger partial charge in [0.1, 0.15) is 0 Å². The minimum Gasteiger partial charge on any atom is -0.0888 e. The molecule has 0 N–H and O–H groups in total. The largest absolute Gasteiger partial charge is 0.0888 e. The van der Waals surface area contributed by atoms with E-state index in [4.69, 9.17) is 12.2 Å². The Balaban J connectivity index is 4.19. The summed E-state index contributed by atoms with van der Waals surface area (Å²) in [7, 11) is 0. The molecule has 0 fully saturated rings. The molecule has 0 saturated heterocycles. The van der Waals surface area contributed by atoms with Crippen molar-refractivity contribution in [3.05, 3.63) is 0 Å². The van der Waals surface area contributed by atoms with E-state index < -0.39 is 0 Å². The van der Waals surface area contributed by atoms with E-state index in [0.717, 1.165) is 6.42 Å². The van der Waals surface area contributed by atoms with Crippen LogP contribution in [0.3, 0.4) is 0 Å². The Bertz CT molecular complexity index is 123. The quantitative estimate of drug-likeness (QED) is 0.567. The van der Waals surface area contributed by atoms with Gasteiger partial charge in [-0.05, 0) is 17.8 Å². The van der Waals surface area contributed by atoms with Gasteiger partial charge < -0.3 is 0 Å². The van der Waals surface area contributed by atoms with Crippen LogP contribution in [0.4, 0.5) is 0 Å². The molecule has 0 spiro atoms. The molecule has 0 unspecified atom stereocenters. The third-order valence-corrected chi connectivity index (χ3v) is 3.10. The zero-order chi connectivity index (χ0) is 8.36. The van der Waals surface area contributed by atoms with E-state index in [0.29, 0.717) is 5.92 Å². The van der Waals surface area contributed by atoms with Gasteiger partial charge in [0.25, 0.3) is 0 Å². The van der Waals surface area contributed by atoms with Crippen molar-refractivity contribution < 1.29 is 0 Å². The van der Waals surface area contributed by atoms with E-state index in [-0.39, 0.29) is 5.41 Å². The smallest absolute Gasteiger partial charge is 0.00100 e. The van der Waals surface area contributed by atoms with E-state index in [1.54, 1.807) is 0 Å². The molecular weight excluding hydrogens is 140 g/mol. The van der Waals surface area contributed by atoms with E-state index in [1.165, 1.54) is 4.86 Å². The summed E-state index contributed by atoms with van der Waals surface area (Å²) in [6.45, 7) is 11.0. The second kappa shape index (κ2) is 3.47. The summed E-state index contributed by atoms with van der Waals surface area (Å²) in [6, 6.07) is 0. The van der Waals surface area contributed by atoms with Crippen LogP contribution >= 0.6 is 12.2 Å². The Morgan fingerprint density at radius 2 is 1.80 bits per heavy atom. The van der Waals surface area contributed by atoms with Gasteiger partial charge in [0.2, 0.25) is 0 Å². The second-order valence-electron chi connectivity index (χ2n) is 3.76. The highest BCUT2D eigenvalue weighted by Gasteiger charge is 2.22. The maximum Gasteiger partial charge on any atom is 0.00100 e. The van der Waals surface area contributed by atoms with Crippen molar-refractivity contribution in [3.8, 4) is 0 Å². The van der Waals surface area contributed by atoms with Crippen molar-refractivity contribution in [1.29, 1.82) is 0 Å². The summed E-state index contributed by atoms with van der Waals surface area (Å²) in [6.07, 6.45) is 1.14. The first kappa shape index (κ1) is 10.1. The van der Waals surface area contributed by atoms with Crippen molar-refractivity contribution in [1.82, 2.24) is 0 Å². The SMILES string of the molecule is CCC(C)(C)C(=S)C(C)C. The van der Waals surface area contributed by atoms with Crippen LogP contribution in [-0.2, 0) is 0 Å². The number of rotatable bonds is 3. The molecule has 0 aliphatic rings. The summed E-state index contributed by atoms with van der Waals surface area (Å²) >= 11 is 5.31. The lowest BCUT2D eigenvalue weighted by molar-refractivity contribution is 0.489. The van der Waals surface area contributed by atoms with Gasteiger partial charge >= 0.3 is 0 Å². The minimum atomic E-state index is 0.253. The molecule has 0 saturated carbocycles. The molecule has 0 bridgehead atoms. The highest BCUT2D eigenvalue weighted by molar-refractivity contribution is 7.80.